The maximum Gasteiger partial charge on any atom is 0.370 e. The van der Waals surface area contributed by atoms with E-state index in [0.29, 0.717) is 0 Å². The Morgan fingerprint density at radius 3 is 2.29 bits per heavy atom. The van der Waals surface area contributed by atoms with Crippen LogP contribution in [0, 0.1) is 0 Å². The van der Waals surface area contributed by atoms with Crippen LogP contribution >= 0.6 is 7.60 Å². The Bertz CT molecular complexity index is 294. The van der Waals surface area contributed by atoms with E-state index in [-0.39, 0.29) is 13.2 Å². The van der Waals surface area contributed by atoms with Gasteiger partial charge >= 0.3 is 13.6 Å². The van der Waals surface area contributed by atoms with Crippen molar-refractivity contribution >= 4 is 13.6 Å². The van der Waals surface area contributed by atoms with E-state index in [1.54, 1.807) is 0 Å². The van der Waals surface area contributed by atoms with E-state index in [9.17, 15) is 9.36 Å². The molecule has 8 heteroatoms. The zero-order valence-electron chi connectivity index (χ0n) is 9.99. The van der Waals surface area contributed by atoms with Gasteiger partial charge in [0.15, 0.2) is 0 Å². The van der Waals surface area contributed by atoms with Crippen LogP contribution in [0.4, 0.5) is 0 Å². The molecule has 1 unspecified atom stereocenters. The Morgan fingerprint density at radius 1 is 1.29 bits per heavy atom. The second kappa shape index (κ2) is 8.38. The monoisotopic (exact) mass is 268 g/mol. The number of carbonyl (C=O) groups is 1. The van der Waals surface area contributed by atoms with Crippen molar-refractivity contribution in [1.82, 2.24) is 0 Å². The van der Waals surface area contributed by atoms with Crippen molar-refractivity contribution in [3.8, 4) is 0 Å². The van der Waals surface area contributed by atoms with Gasteiger partial charge in [0.2, 0.25) is 0 Å². The number of aliphatic hydroxyl groups excluding tert-OH is 1. The fourth-order valence-electron chi connectivity index (χ4n) is 0.945. The Labute approximate surface area is 99.8 Å². The summed E-state index contributed by atoms with van der Waals surface area (Å²) in [5.41, 5.74) is 0. The van der Waals surface area contributed by atoms with Crippen molar-refractivity contribution in [2.45, 2.75) is 5.85 Å². The molecule has 100 valence electrons. The van der Waals surface area contributed by atoms with Crippen molar-refractivity contribution in [1.29, 1.82) is 0 Å². The van der Waals surface area contributed by atoms with Crippen LogP contribution in [0.15, 0.2) is 12.2 Å². The van der Waals surface area contributed by atoms with Gasteiger partial charge in [-0.15, -0.1) is 0 Å². The fourth-order valence-corrected chi connectivity index (χ4v) is 2.11. The highest BCUT2D eigenvalue weighted by Crippen LogP contribution is 2.52. The maximum absolute atomic E-state index is 12.0. The second-order valence-electron chi connectivity index (χ2n) is 2.77. The standard InChI is InChI=1S/C9H17O7P/c1-13-8(11)9(16-7-5-4-6-10)17(12,14-2)15-3/h4-5,9-10H,6-7H2,1-3H3/b5-4-. The first kappa shape index (κ1) is 16.3. The van der Waals surface area contributed by atoms with Gasteiger partial charge < -0.3 is 23.6 Å². The predicted molar refractivity (Wildman–Crippen MR) is 59.6 cm³/mol. The number of carbonyl (C=O) groups excluding carboxylic acids is 1. The summed E-state index contributed by atoms with van der Waals surface area (Å²) in [5.74, 6) is -2.31. The number of rotatable bonds is 8. The number of methoxy groups -OCH3 is 1. The molecular formula is C9H17O7P. The van der Waals surface area contributed by atoms with Gasteiger partial charge in [-0.1, -0.05) is 12.2 Å². The lowest BCUT2D eigenvalue weighted by Gasteiger charge is -2.21. The lowest BCUT2D eigenvalue weighted by molar-refractivity contribution is -0.149. The summed E-state index contributed by atoms with van der Waals surface area (Å²) in [7, 11) is -0.277. The number of hydrogen-bond donors (Lipinski definition) is 1. The van der Waals surface area contributed by atoms with Crippen LogP contribution in [0.3, 0.4) is 0 Å². The van der Waals surface area contributed by atoms with Crippen molar-refractivity contribution in [3.05, 3.63) is 12.2 Å². The van der Waals surface area contributed by atoms with Gasteiger partial charge in [0, 0.05) is 14.2 Å². The summed E-state index contributed by atoms with van der Waals surface area (Å²) < 4.78 is 30.8. The molecule has 0 aliphatic rings. The first-order chi connectivity index (χ1) is 8.05. The van der Waals surface area contributed by atoms with Gasteiger partial charge in [-0.25, -0.2) is 4.79 Å². The van der Waals surface area contributed by atoms with Crippen molar-refractivity contribution in [3.63, 3.8) is 0 Å². The molecule has 0 heterocycles. The molecule has 0 aliphatic heterocycles. The van der Waals surface area contributed by atoms with Crippen molar-refractivity contribution in [2.75, 3.05) is 34.5 Å². The average molecular weight is 268 g/mol. The van der Waals surface area contributed by atoms with Crippen molar-refractivity contribution in [2.24, 2.45) is 0 Å². The van der Waals surface area contributed by atoms with Crippen molar-refractivity contribution < 1.29 is 33.0 Å². The molecule has 0 aromatic heterocycles. The molecule has 0 aliphatic carbocycles. The Kier molecular flexibility index (Phi) is 8.03. The van der Waals surface area contributed by atoms with Crippen LogP contribution in [0.5, 0.6) is 0 Å². The third-order valence-corrected chi connectivity index (χ3v) is 3.77. The molecule has 0 amide bonds. The Morgan fingerprint density at radius 2 is 1.88 bits per heavy atom. The molecule has 0 radical (unpaired) electrons. The molecule has 0 bridgehead atoms. The van der Waals surface area contributed by atoms with E-state index in [2.05, 4.69) is 13.8 Å². The largest absolute Gasteiger partial charge is 0.467 e. The SMILES string of the molecule is COC(=O)C(OC/C=C\CO)P(=O)(OC)OC. The van der Waals surface area contributed by atoms with Gasteiger partial charge in [-0.05, 0) is 0 Å². The molecule has 1 atom stereocenters. The first-order valence-corrected chi connectivity index (χ1v) is 6.33. The Balaban J connectivity index is 4.70. The minimum absolute atomic E-state index is 0.0307. The molecule has 0 rings (SSSR count). The molecule has 0 saturated heterocycles. The summed E-state index contributed by atoms with van der Waals surface area (Å²) in [6.45, 7) is -0.185. The quantitative estimate of drug-likeness (QED) is 0.390. The van der Waals surface area contributed by atoms with E-state index in [1.807, 2.05) is 0 Å². The van der Waals surface area contributed by atoms with Gasteiger partial charge in [0.25, 0.3) is 5.85 Å². The number of aliphatic hydroxyl groups is 1. The summed E-state index contributed by atoms with van der Waals surface area (Å²) >= 11 is 0. The highest BCUT2D eigenvalue weighted by Gasteiger charge is 2.41. The van der Waals surface area contributed by atoms with E-state index in [0.717, 1.165) is 21.3 Å². The fraction of sp³-hybridized carbons (Fsp3) is 0.667. The molecule has 0 saturated carbocycles. The lowest BCUT2D eigenvalue weighted by Crippen LogP contribution is -2.27. The van der Waals surface area contributed by atoms with Crippen LogP contribution in [-0.4, -0.2) is 51.5 Å². The molecular weight excluding hydrogens is 251 g/mol. The molecule has 0 aromatic rings. The molecule has 0 spiro atoms. The number of esters is 1. The van der Waals surface area contributed by atoms with Gasteiger partial charge in [-0.3, -0.25) is 4.57 Å². The first-order valence-electron chi connectivity index (χ1n) is 4.72. The molecule has 0 aromatic carbocycles. The second-order valence-corrected chi connectivity index (χ2v) is 5.05. The summed E-state index contributed by atoms with van der Waals surface area (Å²) in [5, 5.41) is 8.50. The third-order valence-electron chi connectivity index (χ3n) is 1.82. The smallest absolute Gasteiger partial charge is 0.370 e. The molecule has 0 fully saturated rings. The van der Waals surface area contributed by atoms with Crippen LogP contribution < -0.4 is 0 Å². The lowest BCUT2D eigenvalue weighted by atomic mass is 10.5. The summed E-state index contributed by atoms with van der Waals surface area (Å²) in [6, 6.07) is 0. The predicted octanol–water partition coefficient (Wildman–Crippen LogP) is 0.536. The molecule has 1 N–H and O–H groups in total. The Hall–Kier alpha value is -0.720. The zero-order chi connectivity index (χ0) is 13.3. The number of hydrogen-bond acceptors (Lipinski definition) is 7. The van der Waals surface area contributed by atoms with Gasteiger partial charge in [-0.2, -0.15) is 0 Å². The molecule has 17 heavy (non-hydrogen) atoms. The minimum Gasteiger partial charge on any atom is -0.467 e. The molecule has 7 nitrogen and oxygen atoms in total. The highest BCUT2D eigenvalue weighted by molar-refractivity contribution is 7.55. The van der Waals surface area contributed by atoms with Crippen LogP contribution in [0.1, 0.15) is 0 Å². The minimum atomic E-state index is -3.71. The normalized spacial score (nSPS) is 13.9. The summed E-state index contributed by atoms with van der Waals surface area (Å²) in [4.78, 5) is 11.4. The van der Waals surface area contributed by atoms with E-state index in [1.165, 1.54) is 12.2 Å². The van der Waals surface area contributed by atoms with E-state index in [4.69, 9.17) is 9.84 Å². The van der Waals surface area contributed by atoms with Gasteiger partial charge in [0.05, 0.1) is 20.3 Å². The average Bonchev–Trinajstić information content (AvgIpc) is 2.37. The summed E-state index contributed by atoms with van der Waals surface area (Å²) in [6.07, 6.45) is 2.88. The van der Waals surface area contributed by atoms with Gasteiger partial charge in [0.1, 0.15) is 0 Å². The topological polar surface area (TPSA) is 91.3 Å². The maximum atomic E-state index is 12.0. The van der Waals surface area contributed by atoms with Crippen LogP contribution in [0.25, 0.3) is 0 Å². The van der Waals surface area contributed by atoms with Crippen LogP contribution in [0.2, 0.25) is 0 Å². The highest BCUT2D eigenvalue weighted by atomic mass is 31.2. The van der Waals surface area contributed by atoms with E-state index >= 15 is 0 Å². The number of ether oxygens (including phenoxy) is 2. The van der Waals surface area contributed by atoms with E-state index < -0.39 is 19.4 Å². The zero-order valence-corrected chi connectivity index (χ0v) is 10.9. The third kappa shape index (κ3) is 4.97. The van der Waals surface area contributed by atoms with Crippen LogP contribution in [-0.2, 0) is 27.9 Å².